The van der Waals surface area contributed by atoms with Crippen LogP contribution in [0.2, 0.25) is 0 Å². The average molecular weight is 537 g/mol. The van der Waals surface area contributed by atoms with Crippen LogP contribution in [0, 0.1) is 5.82 Å². The molecular weight excluding hydrogens is 511 g/mol. The van der Waals surface area contributed by atoms with Gasteiger partial charge in [0.25, 0.3) is 5.91 Å². The van der Waals surface area contributed by atoms with E-state index in [0.717, 1.165) is 5.56 Å². The van der Waals surface area contributed by atoms with Gasteiger partial charge in [0.1, 0.15) is 23.8 Å². The minimum atomic E-state index is -0.928. The van der Waals surface area contributed by atoms with Crippen LogP contribution in [-0.4, -0.2) is 15.6 Å². The van der Waals surface area contributed by atoms with Crippen LogP contribution in [0.15, 0.2) is 125 Å². The zero-order valence-electron chi connectivity index (χ0n) is 21.3. The number of carbonyl (C=O) groups excluding carboxylic acids is 1. The number of amides is 1. The highest BCUT2D eigenvalue weighted by Crippen LogP contribution is 2.33. The van der Waals surface area contributed by atoms with Crippen molar-refractivity contribution in [2.24, 2.45) is 0 Å². The lowest BCUT2D eigenvalue weighted by Gasteiger charge is -2.26. The van der Waals surface area contributed by atoms with E-state index in [-0.39, 0.29) is 24.5 Å². The summed E-state index contributed by atoms with van der Waals surface area (Å²) in [7, 11) is 0. The van der Waals surface area contributed by atoms with Gasteiger partial charge in [0, 0.05) is 17.9 Å². The van der Waals surface area contributed by atoms with Gasteiger partial charge in [-0.05, 0) is 47.5 Å². The van der Waals surface area contributed by atoms with Gasteiger partial charge in [0.2, 0.25) is 0 Å². The third-order valence-electron chi connectivity index (χ3n) is 6.09. The van der Waals surface area contributed by atoms with Crippen molar-refractivity contribution in [3.8, 4) is 0 Å². The van der Waals surface area contributed by atoms with E-state index in [1.807, 2.05) is 42.5 Å². The molecule has 0 spiro atoms. The molecule has 0 fully saturated rings. The molecule has 0 saturated carbocycles. The van der Waals surface area contributed by atoms with E-state index in [1.54, 1.807) is 53.4 Å². The van der Waals surface area contributed by atoms with E-state index in [0.29, 0.717) is 21.7 Å². The molecule has 0 radical (unpaired) electrons. The van der Waals surface area contributed by atoms with Crippen molar-refractivity contribution in [1.82, 2.24) is 15.0 Å². The number of H-pyrrole nitrogens is 1. The van der Waals surface area contributed by atoms with Crippen molar-refractivity contribution < 1.29 is 14.0 Å². The van der Waals surface area contributed by atoms with Crippen molar-refractivity contribution in [3.63, 3.8) is 0 Å². The maximum absolute atomic E-state index is 13.8. The van der Waals surface area contributed by atoms with Gasteiger partial charge in [-0.2, -0.15) is 0 Å². The molecule has 5 aromatic rings. The molecule has 8 nitrogen and oxygen atoms in total. The van der Waals surface area contributed by atoms with Gasteiger partial charge in [-0.1, -0.05) is 83.6 Å². The topological polar surface area (TPSA) is 96.4 Å². The van der Waals surface area contributed by atoms with Crippen molar-refractivity contribution in [3.05, 3.63) is 159 Å². The van der Waals surface area contributed by atoms with Crippen LogP contribution in [0.5, 0.6) is 0 Å². The van der Waals surface area contributed by atoms with E-state index in [9.17, 15) is 18.8 Å². The van der Waals surface area contributed by atoms with Crippen LogP contribution in [0.1, 0.15) is 21.5 Å². The van der Waals surface area contributed by atoms with Crippen LogP contribution < -0.4 is 26.3 Å². The number of benzene rings is 4. The Morgan fingerprint density at radius 3 is 1.90 bits per heavy atom. The van der Waals surface area contributed by atoms with Crippen LogP contribution >= 0.6 is 0 Å². The Morgan fingerprint density at radius 2 is 1.32 bits per heavy atom. The van der Waals surface area contributed by atoms with Crippen molar-refractivity contribution >= 4 is 23.1 Å². The standard InChI is InChI=1S/C31H25FN4O4/c32-24-18-16-22(17-19-24)20-33-29(37)27-28(35(25-12-6-2-7-13-25)26-14-8-3-9-15-26)34-31(39)36(30(27)38)40-21-23-10-4-1-5-11-23/h1-19H,20-21H2,(H,33,37)(H,34,39). The number of hydrogen-bond acceptors (Lipinski definition) is 5. The van der Waals surface area contributed by atoms with E-state index in [2.05, 4.69) is 10.3 Å². The first-order valence-corrected chi connectivity index (χ1v) is 12.5. The summed E-state index contributed by atoms with van der Waals surface area (Å²) in [5.74, 6) is -1.17. The Hall–Kier alpha value is -5.44. The number of anilines is 3. The molecule has 0 unspecified atom stereocenters. The number of nitrogens with zero attached hydrogens (tertiary/aromatic N) is 2. The largest absolute Gasteiger partial charge is 0.401 e. The third kappa shape index (κ3) is 5.83. The molecule has 1 amide bonds. The van der Waals surface area contributed by atoms with Crippen LogP contribution in [0.3, 0.4) is 0 Å². The van der Waals surface area contributed by atoms with Crippen molar-refractivity contribution in [1.29, 1.82) is 0 Å². The summed E-state index contributed by atoms with van der Waals surface area (Å²) >= 11 is 0. The number of nitrogens with one attached hydrogen (secondary N) is 2. The maximum Gasteiger partial charge on any atom is 0.363 e. The van der Waals surface area contributed by atoms with E-state index in [1.165, 1.54) is 24.3 Å². The lowest BCUT2D eigenvalue weighted by Crippen LogP contribution is -2.45. The summed E-state index contributed by atoms with van der Waals surface area (Å²) in [5, 5.41) is 2.72. The SMILES string of the molecule is O=C(NCc1ccc(F)cc1)c1c(N(c2ccccc2)c2ccccc2)[nH]c(=O)n(OCc2ccccc2)c1=O. The smallest absolute Gasteiger partial charge is 0.363 e. The summed E-state index contributed by atoms with van der Waals surface area (Å²) in [5.41, 5.74) is 0.479. The summed E-state index contributed by atoms with van der Waals surface area (Å²) in [6.45, 7) is -0.0421. The lowest BCUT2D eigenvalue weighted by molar-refractivity contribution is 0.0763. The molecule has 4 aromatic carbocycles. The number of rotatable bonds is 9. The number of aromatic amines is 1. The molecule has 0 bridgehead atoms. The summed E-state index contributed by atoms with van der Waals surface area (Å²) in [6.07, 6.45) is 0. The van der Waals surface area contributed by atoms with Gasteiger partial charge in [-0.15, -0.1) is 0 Å². The van der Waals surface area contributed by atoms with Crippen molar-refractivity contribution in [2.45, 2.75) is 13.2 Å². The van der Waals surface area contributed by atoms with Crippen molar-refractivity contribution in [2.75, 3.05) is 4.90 Å². The molecule has 9 heteroatoms. The molecule has 0 aliphatic heterocycles. The first kappa shape index (κ1) is 26.2. The Bertz CT molecular complexity index is 1670. The first-order chi connectivity index (χ1) is 19.5. The van der Waals surface area contributed by atoms with Crippen LogP contribution in [0.25, 0.3) is 0 Å². The molecule has 5 rings (SSSR count). The van der Waals surface area contributed by atoms with Gasteiger partial charge in [-0.3, -0.25) is 19.5 Å². The Kier molecular flexibility index (Phi) is 7.82. The van der Waals surface area contributed by atoms with Gasteiger partial charge in [0.05, 0.1) is 0 Å². The fraction of sp³-hybridized carbons (Fsp3) is 0.0645. The van der Waals surface area contributed by atoms with Crippen LogP contribution in [-0.2, 0) is 13.2 Å². The quantitative estimate of drug-likeness (QED) is 0.285. The normalized spacial score (nSPS) is 10.6. The van der Waals surface area contributed by atoms with Gasteiger partial charge in [-0.25, -0.2) is 9.18 Å². The van der Waals surface area contributed by atoms with E-state index < -0.39 is 23.0 Å². The minimum absolute atomic E-state index is 0.0245. The molecule has 2 N–H and O–H groups in total. The predicted octanol–water partition coefficient (Wildman–Crippen LogP) is 4.70. The van der Waals surface area contributed by atoms with E-state index in [4.69, 9.17) is 4.84 Å². The maximum atomic E-state index is 13.8. The molecular formula is C31H25FN4O4. The lowest BCUT2D eigenvalue weighted by atomic mass is 10.1. The Morgan fingerprint density at radius 1 is 0.775 bits per heavy atom. The zero-order chi connectivity index (χ0) is 27.9. The Labute approximate surface area is 228 Å². The van der Waals surface area contributed by atoms with Gasteiger partial charge < -0.3 is 10.2 Å². The summed E-state index contributed by atoms with van der Waals surface area (Å²) in [6, 6.07) is 32.7. The van der Waals surface area contributed by atoms with Gasteiger partial charge >= 0.3 is 11.2 Å². The Balaban J connectivity index is 1.61. The predicted molar refractivity (Wildman–Crippen MR) is 150 cm³/mol. The van der Waals surface area contributed by atoms with Crippen LogP contribution in [0.4, 0.5) is 21.6 Å². The number of halogens is 1. The highest BCUT2D eigenvalue weighted by atomic mass is 19.1. The molecule has 0 saturated heterocycles. The molecule has 40 heavy (non-hydrogen) atoms. The fourth-order valence-corrected chi connectivity index (χ4v) is 4.15. The highest BCUT2D eigenvalue weighted by molar-refractivity contribution is 6.00. The second kappa shape index (κ2) is 12.0. The number of hydrogen-bond donors (Lipinski definition) is 2. The molecule has 0 aliphatic rings. The first-order valence-electron chi connectivity index (χ1n) is 12.5. The highest BCUT2D eigenvalue weighted by Gasteiger charge is 2.27. The summed E-state index contributed by atoms with van der Waals surface area (Å²) < 4.78 is 13.9. The van der Waals surface area contributed by atoms with E-state index >= 15 is 0 Å². The number of carbonyl (C=O) groups is 1. The number of aromatic nitrogens is 2. The zero-order valence-corrected chi connectivity index (χ0v) is 21.3. The average Bonchev–Trinajstić information content (AvgIpc) is 2.98. The monoisotopic (exact) mass is 536 g/mol. The second-order valence-corrected chi connectivity index (χ2v) is 8.83. The molecule has 1 heterocycles. The third-order valence-corrected chi connectivity index (χ3v) is 6.09. The second-order valence-electron chi connectivity index (χ2n) is 8.83. The molecule has 200 valence electrons. The molecule has 1 aromatic heterocycles. The minimum Gasteiger partial charge on any atom is -0.401 e. The number of para-hydroxylation sites is 2. The summed E-state index contributed by atoms with van der Waals surface area (Å²) in [4.78, 5) is 50.5. The molecule has 0 atom stereocenters. The molecule has 0 aliphatic carbocycles. The van der Waals surface area contributed by atoms with Gasteiger partial charge in [0.15, 0.2) is 0 Å². The fourth-order valence-electron chi connectivity index (χ4n) is 4.15.